The molecule has 0 aromatic carbocycles. The number of hydrogen-bond donors (Lipinski definition) is 3. The maximum absolute atomic E-state index is 9.55. The zero-order chi connectivity index (χ0) is 18.7. The van der Waals surface area contributed by atoms with E-state index in [0.29, 0.717) is 24.1 Å². The molecule has 7 heteroatoms. The SMILES string of the molecule is CC(C)CN(Cc1ccco1)C1CCNCC1.O=C(O)/C=C/C(=O)O. The van der Waals surface area contributed by atoms with Crippen molar-refractivity contribution in [2.45, 2.75) is 39.3 Å². The highest BCUT2D eigenvalue weighted by atomic mass is 16.4. The Morgan fingerprint density at radius 2 is 1.88 bits per heavy atom. The molecule has 1 saturated heterocycles. The van der Waals surface area contributed by atoms with Gasteiger partial charge in [-0.05, 0) is 44.0 Å². The maximum Gasteiger partial charge on any atom is 0.328 e. The van der Waals surface area contributed by atoms with Crippen molar-refractivity contribution in [3.8, 4) is 0 Å². The van der Waals surface area contributed by atoms with Crippen LogP contribution < -0.4 is 5.32 Å². The van der Waals surface area contributed by atoms with Gasteiger partial charge in [-0.25, -0.2) is 9.59 Å². The molecule has 0 atom stereocenters. The van der Waals surface area contributed by atoms with E-state index in [0.717, 1.165) is 31.9 Å². The van der Waals surface area contributed by atoms with Gasteiger partial charge in [0.25, 0.3) is 0 Å². The summed E-state index contributed by atoms with van der Waals surface area (Å²) >= 11 is 0. The first kappa shape index (κ1) is 20.9. The van der Waals surface area contributed by atoms with Crippen molar-refractivity contribution < 1.29 is 24.2 Å². The van der Waals surface area contributed by atoms with Crippen LogP contribution in [0.3, 0.4) is 0 Å². The van der Waals surface area contributed by atoms with Crippen molar-refractivity contribution in [1.29, 1.82) is 0 Å². The maximum atomic E-state index is 9.55. The Labute approximate surface area is 148 Å². The van der Waals surface area contributed by atoms with Crippen LogP contribution >= 0.6 is 0 Å². The van der Waals surface area contributed by atoms with E-state index >= 15 is 0 Å². The molecule has 2 rings (SSSR count). The van der Waals surface area contributed by atoms with Gasteiger partial charge in [0.15, 0.2) is 0 Å². The molecular formula is C18H28N2O5. The van der Waals surface area contributed by atoms with Gasteiger partial charge in [-0.15, -0.1) is 0 Å². The highest BCUT2D eigenvalue weighted by molar-refractivity contribution is 5.89. The lowest BCUT2D eigenvalue weighted by atomic mass is 10.0. The number of rotatable bonds is 7. The Bertz CT molecular complexity index is 518. The number of carboxylic acid groups (broad SMARTS) is 2. The summed E-state index contributed by atoms with van der Waals surface area (Å²) in [4.78, 5) is 21.7. The summed E-state index contributed by atoms with van der Waals surface area (Å²) < 4.78 is 5.48. The third-order valence-corrected chi connectivity index (χ3v) is 3.73. The molecule has 1 fully saturated rings. The van der Waals surface area contributed by atoms with Crippen molar-refractivity contribution >= 4 is 11.9 Å². The van der Waals surface area contributed by atoms with Gasteiger partial charge >= 0.3 is 11.9 Å². The molecule has 25 heavy (non-hydrogen) atoms. The van der Waals surface area contributed by atoms with E-state index in [1.807, 2.05) is 6.07 Å². The van der Waals surface area contributed by atoms with E-state index in [2.05, 4.69) is 30.1 Å². The largest absolute Gasteiger partial charge is 0.478 e. The molecule has 2 heterocycles. The van der Waals surface area contributed by atoms with E-state index in [4.69, 9.17) is 14.6 Å². The number of aliphatic carboxylic acids is 2. The van der Waals surface area contributed by atoms with Crippen molar-refractivity contribution in [1.82, 2.24) is 10.2 Å². The van der Waals surface area contributed by atoms with Gasteiger partial charge in [0.1, 0.15) is 5.76 Å². The Kier molecular flexibility index (Phi) is 9.57. The van der Waals surface area contributed by atoms with Gasteiger partial charge in [-0.3, -0.25) is 4.90 Å². The molecule has 1 aliphatic heterocycles. The molecule has 140 valence electrons. The summed E-state index contributed by atoms with van der Waals surface area (Å²) in [6.07, 6.45) is 5.40. The molecule has 0 amide bonds. The lowest BCUT2D eigenvalue weighted by Crippen LogP contribution is -2.44. The van der Waals surface area contributed by atoms with Gasteiger partial charge in [0.2, 0.25) is 0 Å². The Balaban J connectivity index is 0.000000333. The predicted molar refractivity (Wildman–Crippen MR) is 94.3 cm³/mol. The number of nitrogens with one attached hydrogen (secondary N) is 1. The first-order chi connectivity index (χ1) is 11.9. The summed E-state index contributed by atoms with van der Waals surface area (Å²) in [5, 5.41) is 19.1. The van der Waals surface area contributed by atoms with Crippen LogP contribution in [-0.2, 0) is 16.1 Å². The van der Waals surface area contributed by atoms with E-state index < -0.39 is 11.9 Å². The minimum Gasteiger partial charge on any atom is -0.478 e. The quantitative estimate of drug-likeness (QED) is 0.646. The van der Waals surface area contributed by atoms with E-state index in [-0.39, 0.29) is 0 Å². The monoisotopic (exact) mass is 352 g/mol. The summed E-state index contributed by atoms with van der Waals surface area (Å²) in [6, 6.07) is 4.77. The fraction of sp³-hybridized carbons (Fsp3) is 0.556. The van der Waals surface area contributed by atoms with Gasteiger partial charge in [0.05, 0.1) is 12.8 Å². The predicted octanol–water partition coefficient (Wildman–Crippen LogP) is 2.20. The average molecular weight is 352 g/mol. The third kappa shape index (κ3) is 9.69. The average Bonchev–Trinajstić information content (AvgIpc) is 3.06. The van der Waals surface area contributed by atoms with Crippen LogP contribution in [0.25, 0.3) is 0 Å². The van der Waals surface area contributed by atoms with Crippen molar-refractivity contribution in [3.05, 3.63) is 36.3 Å². The number of nitrogens with zero attached hydrogens (tertiary/aromatic N) is 1. The number of piperidine rings is 1. The Morgan fingerprint density at radius 1 is 1.28 bits per heavy atom. The summed E-state index contributed by atoms with van der Waals surface area (Å²) in [5.41, 5.74) is 0. The summed E-state index contributed by atoms with van der Waals surface area (Å²) in [5.74, 6) is -0.719. The third-order valence-electron chi connectivity index (χ3n) is 3.73. The smallest absolute Gasteiger partial charge is 0.328 e. The lowest BCUT2D eigenvalue weighted by molar-refractivity contribution is -0.134. The second kappa shape index (κ2) is 11.4. The zero-order valence-corrected chi connectivity index (χ0v) is 14.9. The fourth-order valence-corrected chi connectivity index (χ4v) is 2.73. The number of furan rings is 1. The van der Waals surface area contributed by atoms with Gasteiger partial charge in [0, 0.05) is 24.7 Å². The van der Waals surface area contributed by atoms with Crippen molar-refractivity contribution in [2.75, 3.05) is 19.6 Å². The summed E-state index contributed by atoms with van der Waals surface area (Å²) in [6.45, 7) is 8.99. The number of carbonyl (C=O) groups is 2. The van der Waals surface area contributed by atoms with Crippen LogP contribution in [0.1, 0.15) is 32.4 Å². The number of hydrogen-bond acceptors (Lipinski definition) is 5. The van der Waals surface area contributed by atoms with Gasteiger partial charge in [-0.1, -0.05) is 13.8 Å². The Morgan fingerprint density at radius 3 is 2.32 bits per heavy atom. The van der Waals surface area contributed by atoms with Gasteiger partial charge in [-0.2, -0.15) is 0 Å². The second-order valence-electron chi connectivity index (χ2n) is 6.39. The highest BCUT2D eigenvalue weighted by Crippen LogP contribution is 2.17. The van der Waals surface area contributed by atoms with Gasteiger partial charge < -0.3 is 19.9 Å². The van der Waals surface area contributed by atoms with E-state index in [9.17, 15) is 9.59 Å². The molecule has 0 radical (unpaired) electrons. The minimum absolute atomic E-state index is 0.558. The molecule has 0 aliphatic carbocycles. The standard InChI is InChI=1S/C14H24N2O.C4H4O4/c1-12(2)10-16(11-14-4-3-9-17-14)13-5-7-15-8-6-13;5-3(6)1-2-4(7)8/h3-4,9,12-13,15H,5-8,10-11H2,1-2H3;1-2H,(H,5,6)(H,7,8)/b;2-1+. The highest BCUT2D eigenvalue weighted by Gasteiger charge is 2.22. The molecule has 1 aromatic heterocycles. The molecule has 0 spiro atoms. The van der Waals surface area contributed by atoms with Crippen LogP contribution in [0.4, 0.5) is 0 Å². The normalized spacial score (nSPS) is 15.4. The second-order valence-corrected chi connectivity index (χ2v) is 6.39. The molecule has 0 saturated carbocycles. The lowest BCUT2D eigenvalue weighted by Gasteiger charge is -2.35. The van der Waals surface area contributed by atoms with Crippen molar-refractivity contribution in [3.63, 3.8) is 0 Å². The van der Waals surface area contributed by atoms with Crippen LogP contribution in [0.15, 0.2) is 35.0 Å². The van der Waals surface area contributed by atoms with Crippen LogP contribution in [0.5, 0.6) is 0 Å². The molecule has 0 unspecified atom stereocenters. The number of carboxylic acids is 2. The zero-order valence-electron chi connectivity index (χ0n) is 14.9. The fourth-order valence-electron chi connectivity index (χ4n) is 2.73. The molecule has 0 bridgehead atoms. The first-order valence-electron chi connectivity index (χ1n) is 8.49. The molecule has 1 aliphatic rings. The van der Waals surface area contributed by atoms with E-state index in [1.165, 1.54) is 12.8 Å². The van der Waals surface area contributed by atoms with Crippen LogP contribution in [0, 0.1) is 5.92 Å². The molecule has 7 nitrogen and oxygen atoms in total. The minimum atomic E-state index is -1.26. The molecular weight excluding hydrogens is 324 g/mol. The van der Waals surface area contributed by atoms with Crippen LogP contribution in [0.2, 0.25) is 0 Å². The topological polar surface area (TPSA) is 103 Å². The molecule has 3 N–H and O–H groups in total. The van der Waals surface area contributed by atoms with E-state index in [1.54, 1.807) is 6.26 Å². The van der Waals surface area contributed by atoms with Crippen molar-refractivity contribution in [2.24, 2.45) is 5.92 Å². The van der Waals surface area contributed by atoms with Crippen LogP contribution in [-0.4, -0.2) is 52.7 Å². The Hall–Kier alpha value is -2.12. The first-order valence-corrected chi connectivity index (χ1v) is 8.49. The molecule has 1 aromatic rings. The summed E-state index contributed by atoms with van der Waals surface area (Å²) in [7, 11) is 0.